The molecule has 0 aliphatic carbocycles. The minimum atomic E-state index is -0.986. The van der Waals surface area contributed by atoms with Crippen LogP contribution in [0.4, 0.5) is 19.4 Å². The highest BCUT2D eigenvalue weighted by Gasteiger charge is 2.52. The number of nitrogens with zero attached hydrogens (tertiary/aromatic N) is 6. The molecule has 3 unspecified atom stereocenters. The highest BCUT2D eigenvalue weighted by atomic mass is 19.1. The number of hydrogen-bond acceptors (Lipinski definition) is 13. The van der Waals surface area contributed by atoms with Gasteiger partial charge in [-0.2, -0.15) is 9.97 Å². The Morgan fingerprint density at radius 1 is 0.920 bits per heavy atom. The molecule has 5 fully saturated rings. The number of amides is 5. The number of carbonyl (C=O) groups excluding carboxylic acids is 5. The largest absolute Gasteiger partial charge is 0.461 e. The summed E-state index contributed by atoms with van der Waals surface area (Å²) in [6.45, 7) is 7.23. The molecule has 18 heteroatoms. The van der Waals surface area contributed by atoms with Gasteiger partial charge < -0.3 is 25.0 Å². The minimum absolute atomic E-state index is 0.00548. The summed E-state index contributed by atoms with van der Waals surface area (Å²) in [5, 5.41) is 10.3. The highest BCUT2D eigenvalue weighted by molar-refractivity contribution is 6.23. The fraction of sp³-hybridized carbons (Fsp3) is 0.439. The topological polar surface area (TPSA) is 188 Å². The molecule has 6 aliphatic rings. The first-order valence-electron chi connectivity index (χ1n) is 26.2. The van der Waals surface area contributed by atoms with Gasteiger partial charge in [-0.25, -0.2) is 13.6 Å². The summed E-state index contributed by atoms with van der Waals surface area (Å²) in [5.41, 5.74) is 2.55. The van der Waals surface area contributed by atoms with E-state index in [1.54, 1.807) is 42.6 Å². The number of unbranched alkanes of at least 4 members (excludes halogenated alkanes) is 5. The van der Waals surface area contributed by atoms with Gasteiger partial charge in [0.05, 0.1) is 27.6 Å². The van der Waals surface area contributed by atoms with Crippen molar-refractivity contribution >= 4 is 57.2 Å². The predicted octanol–water partition coefficient (Wildman–Crippen LogP) is 7.30. The standard InChI is InChI=1S/C57H59F2N9O7/c1-3-39-44(58)19-15-35-12-10-13-41(47(35)39)49-48(59)50-43(27-61-49)51(66-29-36-16-17-37(30-66)62-36)65-55(64-50)75-32-57-23-22-38(67(57)28-33(2)26-57)31-74-56(73)60-24-9-7-5-4-6-8-11-34-14-18-40-42(25-34)54(72)68(53(40)71)45-20-21-46(69)63-52(45)70/h1,10,12-15,18-19,25,27,36-38,45,62H,2,4-9,11,16-17,20-24,26,28-32H2,(H,60,73)(H,63,69,70)/t36?,37?,38-,45?,57-/m0/s1. The Labute approximate surface area is 433 Å². The summed E-state index contributed by atoms with van der Waals surface area (Å²) < 4.78 is 44.5. The second-order valence-corrected chi connectivity index (χ2v) is 21.0. The summed E-state index contributed by atoms with van der Waals surface area (Å²) in [6, 6.07) is 13.0. The smallest absolute Gasteiger partial charge is 0.407 e. The van der Waals surface area contributed by atoms with Gasteiger partial charge in [0, 0.05) is 67.9 Å². The van der Waals surface area contributed by atoms with Crippen LogP contribution in [0, 0.1) is 24.0 Å². The van der Waals surface area contributed by atoms with Crippen molar-refractivity contribution in [2.75, 3.05) is 44.3 Å². The van der Waals surface area contributed by atoms with Crippen LogP contribution in [0.1, 0.15) is 115 Å². The Balaban J connectivity index is 0.667. The van der Waals surface area contributed by atoms with E-state index in [9.17, 15) is 24.0 Å². The van der Waals surface area contributed by atoms with Crippen LogP contribution in [0.3, 0.4) is 0 Å². The van der Waals surface area contributed by atoms with E-state index in [0.29, 0.717) is 65.7 Å². The maximum Gasteiger partial charge on any atom is 0.407 e. The number of aryl methyl sites for hydroxylation is 1. The average molecular weight is 1020 g/mol. The number of piperazine rings is 1. The number of piperidine rings is 1. The summed E-state index contributed by atoms with van der Waals surface area (Å²) >= 11 is 0. The Kier molecular flexibility index (Phi) is 13.8. The number of benzene rings is 3. The number of terminal acetylenes is 1. The molecule has 16 nitrogen and oxygen atoms in total. The van der Waals surface area contributed by atoms with Crippen molar-refractivity contribution in [1.82, 2.24) is 40.7 Å². The number of pyridine rings is 1. The van der Waals surface area contributed by atoms with Gasteiger partial charge in [-0.1, -0.05) is 74.1 Å². The maximum atomic E-state index is 17.2. The zero-order valence-corrected chi connectivity index (χ0v) is 41.7. The molecule has 5 atom stereocenters. The number of carbonyl (C=O) groups is 5. The van der Waals surface area contributed by atoms with Crippen molar-refractivity contribution in [3.63, 3.8) is 0 Å². The fourth-order valence-electron chi connectivity index (χ4n) is 12.4. The van der Waals surface area contributed by atoms with Crippen LogP contribution in [-0.4, -0.2) is 124 Å². The normalized spacial score (nSPS) is 23.2. The maximum absolute atomic E-state index is 17.2. The van der Waals surface area contributed by atoms with Gasteiger partial charge in [0.1, 0.15) is 42.1 Å². The monoisotopic (exact) mass is 1020 g/mol. The SMILES string of the molecule is C#Cc1c(F)ccc2cccc(-c3ncc4c(N5CC6CCC(C5)N6)nc(OC[C@@]56CC[C@@H](COC(=O)NCCCCCCCCc7ccc8c(c7)C(=O)N(C7CCC(=O)NC7=O)C8=O)N5CC(=C)C6)nc4c3F)c12. The number of fused-ring (bicyclic) bond motifs is 6. The van der Waals surface area contributed by atoms with E-state index >= 15 is 8.78 Å². The first-order valence-corrected chi connectivity index (χ1v) is 26.2. The van der Waals surface area contributed by atoms with Crippen LogP contribution in [0.2, 0.25) is 0 Å². The number of alkyl carbamates (subject to hydrolysis) is 1. The van der Waals surface area contributed by atoms with Gasteiger partial charge in [-0.05, 0) is 86.9 Å². The molecule has 388 valence electrons. The number of hydrogen-bond donors (Lipinski definition) is 3. The Morgan fingerprint density at radius 3 is 2.51 bits per heavy atom. The third-order valence-corrected chi connectivity index (χ3v) is 16.1. The molecular formula is C57H59F2N9O7. The number of anilines is 1. The van der Waals surface area contributed by atoms with Crippen LogP contribution in [-0.2, 0) is 20.7 Å². The average Bonchev–Trinajstić information content (AvgIpc) is 4.12. The Bertz CT molecular complexity index is 3210. The molecule has 3 N–H and O–H groups in total. The lowest BCUT2D eigenvalue weighted by atomic mass is 9.94. The number of rotatable bonds is 17. The zero-order chi connectivity index (χ0) is 52.0. The van der Waals surface area contributed by atoms with Crippen molar-refractivity contribution in [2.24, 2.45) is 0 Å². The van der Waals surface area contributed by atoms with Crippen molar-refractivity contribution in [2.45, 2.75) is 120 Å². The molecule has 3 aromatic carbocycles. The van der Waals surface area contributed by atoms with E-state index in [-0.39, 0.29) is 72.5 Å². The Morgan fingerprint density at radius 2 is 1.71 bits per heavy atom. The lowest BCUT2D eigenvalue weighted by molar-refractivity contribution is -0.136. The quantitative estimate of drug-likeness (QED) is 0.0365. The molecule has 0 radical (unpaired) electrons. The van der Waals surface area contributed by atoms with Crippen LogP contribution in [0.15, 0.2) is 66.9 Å². The summed E-state index contributed by atoms with van der Waals surface area (Å²) in [5.74, 6) is -0.307. The molecule has 2 aromatic heterocycles. The number of halogens is 2. The van der Waals surface area contributed by atoms with Crippen LogP contribution >= 0.6 is 0 Å². The van der Waals surface area contributed by atoms with Crippen molar-refractivity contribution in [1.29, 1.82) is 0 Å². The van der Waals surface area contributed by atoms with E-state index in [0.717, 1.165) is 86.7 Å². The lowest BCUT2D eigenvalue weighted by Gasteiger charge is -2.35. The molecule has 11 rings (SSSR count). The van der Waals surface area contributed by atoms with Crippen LogP contribution < -0.4 is 25.6 Å². The van der Waals surface area contributed by atoms with E-state index in [4.69, 9.17) is 25.9 Å². The Hall–Kier alpha value is -7.36. The van der Waals surface area contributed by atoms with E-state index in [1.807, 2.05) is 6.07 Å². The van der Waals surface area contributed by atoms with Gasteiger partial charge in [-0.15, -0.1) is 6.42 Å². The molecule has 5 aromatic rings. The molecule has 8 heterocycles. The number of aromatic nitrogens is 3. The summed E-state index contributed by atoms with van der Waals surface area (Å²) in [7, 11) is 0. The third-order valence-electron chi connectivity index (χ3n) is 16.1. The minimum Gasteiger partial charge on any atom is -0.461 e. The van der Waals surface area contributed by atoms with Crippen LogP contribution in [0.25, 0.3) is 32.9 Å². The van der Waals surface area contributed by atoms with E-state index in [2.05, 4.69) is 43.2 Å². The summed E-state index contributed by atoms with van der Waals surface area (Å²) in [4.78, 5) is 82.9. The second kappa shape index (κ2) is 20.7. The van der Waals surface area contributed by atoms with E-state index in [1.165, 1.54) is 6.07 Å². The number of ether oxygens (including phenoxy) is 2. The fourth-order valence-corrected chi connectivity index (χ4v) is 12.4. The molecule has 75 heavy (non-hydrogen) atoms. The molecular weight excluding hydrogens is 961 g/mol. The molecule has 5 amide bonds. The molecule has 2 bridgehead atoms. The highest BCUT2D eigenvalue weighted by Crippen LogP contribution is 2.45. The predicted molar refractivity (Wildman–Crippen MR) is 276 cm³/mol. The van der Waals surface area contributed by atoms with Crippen LogP contribution in [0.5, 0.6) is 6.01 Å². The van der Waals surface area contributed by atoms with Gasteiger partial charge in [0.25, 0.3) is 11.8 Å². The molecule has 0 spiro atoms. The first-order chi connectivity index (χ1) is 36.4. The van der Waals surface area contributed by atoms with Crippen molar-refractivity contribution < 1.29 is 42.2 Å². The first kappa shape index (κ1) is 49.8. The van der Waals surface area contributed by atoms with Crippen molar-refractivity contribution in [3.05, 3.63) is 101 Å². The third kappa shape index (κ3) is 9.68. The van der Waals surface area contributed by atoms with Gasteiger partial charge >= 0.3 is 12.1 Å². The number of imide groups is 2. The number of nitrogens with one attached hydrogen (secondary N) is 3. The van der Waals surface area contributed by atoms with Gasteiger partial charge in [0.15, 0.2) is 5.82 Å². The molecule has 6 aliphatic heterocycles. The van der Waals surface area contributed by atoms with Gasteiger partial charge in [0.2, 0.25) is 11.8 Å². The summed E-state index contributed by atoms with van der Waals surface area (Å²) in [6.07, 6.45) is 17.8. The molecule has 5 saturated heterocycles. The zero-order valence-electron chi connectivity index (χ0n) is 41.7. The van der Waals surface area contributed by atoms with Crippen molar-refractivity contribution in [3.8, 4) is 29.6 Å². The van der Waals surface area contributed by atoms with E-state index < -0.39 is 52.9 Å². The lowest BCUT2D eigenvalue weighted by Crippen LogP contribution is -2.54. The second-order valence-electron chi connectivity index (χ2n) is 21.0. The van der Waals surface area contributed by atoms with Gasteiger partial charge in [-0.3, -0.25) is 39.3 Å². The molecule has 0 saturated carbocycles.